The van der Waals surface area contributed by atoms with E-state index < -0.39 is 0 Å². The Bertz CT molecular complexity index is 492. The van der Waals surface area contributed by atoms with Crippen molar-refractivity contribution in [2.24, 2.45) is 5.92 Å². The number of rotatable bonds is 2. The van der Waals surface area contributed by atoms with Crippen LogP contribution in [0, 0.1) is 5.92 Å². The smallest absolute Gasteiger partial charge is 0.227 e. The molecular weight excluding hydrogens is 288 g/mol. The summed E-state index contributed by atoms with van der Waals surface area (Å²) >= 11 is 0. The average molecular weight is 313 g/mol. The van der Waals surface area contributed by atoms with Crippen LogP contribution < -0.4 is 10.6 Å². The van der Waals surface area contributed by atoms with Gasteiger partial charge in [-0.15, -0.1) is 12.4 Å². The largest absolute Gasteiger partial charge is 0.506 e. The number of phenolic OH excluding ortho intramolecular Hbond substituents is 1. The third kappa shape index (κ3) is 4.61. The van der Waals surface area contributed by atoms with Crippen LogP contribution in [-0.4, -0.2) is 24.1 Å². The highest BCUT2D eigenvalue weighted by Gasteiger charge is 2.22. The predicted molar refractivity (Wildman–Crippen MR) is 88.3 cm³/mol. The van der Waals surface area contributed by atoms with E-state index in [9.17, 15) is 9.90 Å². The molecule has 0 unspecified atom stereocenters. The van der Waals surface area contributed by atoms with Gasteiger partial charge in [-0.1, -0.05) is 26.8 Å². The molecule has 1 aromatic rings. The van der Waals surface area contributed by atoms with Crippen molar-refractivity contribution in [1.29, 1.82) is 0 Å². The van der Waals surface area contributed by atoms with Crippen molar-refractivity contribution < 1.29 is 9.90 Å². The molecule has 0 bridgehead atoms. The number of piperidine rings is 1. The number of carbonyl (C=O) groups is 1. The van der Waals surface area contributed by atoms with Gasteiger partial charge in [0.15, 0.2) is 0 Å². The predicted octanol–water partition coefficient (Wildman–Crippen LogP) is 3.05. The second kappa shape index (κ2) is 7.14. The lowest BCUT2D eigenvalue weighted by Crippen LogP contribution is -2.34. The third-order valence-corrected chi connectivity index (χ3v) is 3.83. The Kier molecular flexibility index (Phi) is 6.05. The molecule has 1 aromatic carbocycles. The van der Waals surface area contributed by atoms with Crippen molar-refractivity contribution in [2.75, 3.05) is 18.4 Å². The van der Waals surface area contributed by atoms with Gasteiger partial charge >= 0.3 is 0 Å². The van der Waals surface area contributed by atoms with Crippen LogP contribution in [0.2, 0.25) is 0 Å². The summed E-state index contributed by atoms with van der Waals surface area (Å²) in [5.41, 5.74) is 1.60. The number of aromatic hydroxyl groups is 1. The second-order valence-corrected chi connectivity index (χ2v) is 6.50. The maximum atomic E-state index is 12.2. The van der Waals surface area contributed by atoms with Gasteiger partial charge in [-0.05, 0) is 49.0 Å². The van der Waals surface area contributed by atoms with Crippen LogP contribution in [0.5, 0.6) is 5.75 Å². The first-order valence-corrected chi connectivity index (χ1v) is 7.23. The van der Waals surface area contributed by atoms with Crippen molar-refractivity contribution in [3.63, 3.8) is 0 Å². The number of carbonyl (C=O) groups excluding carboxylic acids is 1. The minimum absolute atomic E-state index is 0. The van der Waals surface area contributed by atoms with Crippen molar-refractivity contribution in [3.05, 3.63) is 23.8 Å². The van der Waals surface area contributed by atoms with Crippen LogP contribution in [0.3, 0.4) is 0 Å². The minimum atomic E-state index is -0.0120. The Morgan fingerprint density at radius 2 is 1.90 bits per heavy atom. The molecule has 0 saturated carbocycles. The Morgan fingerprint density at radius 1 is 1.29 bits per heavy atom. The summed E-state index contributed by atoms with van der Waals surface area (Å²) in [5.74, 6) is 0.169. The fourth-order valence-corrected chi connectivity index (χ4v) is 2.42. The van der Waals surface area contributed by atoms with E-state index in [1.165, 1.54) is 0 Å². The van der Waals surface area contributed by atoms with Gasteiger partial charge in [-0.2, -0.15) is 0 Å². The number of hydrogen-bond donors (Lipinski definition) is 3. The van der Waals surface area contributed by atoms with E-state index in [1.54, 1.807) is 6.07 Å². The molecule has 3 N–H and O–H groups in total. The molecule has 1 amide bonds. The van der Waals surface area contributed by atoms with E-state index >= 15 is 0 Å². The second-order valence-electron chi connectivity index (χ2n) is 6.50. The number of nitrogens with one attached hydrogen (secondary N) is 2. The number of amides is 1. The first-order valence-electron chi connectivity index (χ1n) is 7.23. The van der Waals surface area contributed by atoms with E-state index in [0.717, 1.165) is 31.5 Å². The lowest BCUT2D eigenvalue weighted by molar-refractivity contribution is -0.120. The van der Waals surface area contributed by atoms with E-state index in [4.69, 9.17) is 0 Å². The monoisotopic (exact) mass is 312 g/mol. The van der Waals surface area contributed by atoms with Crippen LogP contribution in [0.4, 0.5) is 5.69 Å². The van der Waals surface area contributed by atoms with Gasteiger partial charge in [0.05, 0.1) is 5.69 Å². The maximum Gasteiger partial charge on any atom is 0.227 e. The summed E-state index contributed by atoms with van der Waals surface area (Å²) in [5, 5.41) is 16.0. The van der Waals surface area contributed by atoms with Crippen molar-refractivity contribution in [1.82, 2.24) is 5.32 Å². The van der Waals surface area contributed by atoms with Gasteiger partial charge < -0.3 is 15.7 Å². The van der Waals surface area contributed by atoms with Crippen LogP contribution in [0.15, 0.2) is 18.2 Å². The zero-order valence-corrected chi connectivity index (χ0v) is 13.7. The van der Waals surface area contributed by atoms with Crippen molar-refractivity contribution >= 4 is 24.0 Å². The minimum Gasteiger partial charge on any atom is -0.506 e. The fourth-order valence-electron chi connectivity index (χ4n) is 2.42. The first-order chi connectivity index (χ1) is 9.38. The number of halogens is 1. The third-order valence-electron chi connectivity index (χ3n) is 3.83. The summed E-state index contributed by atoms with van der Waals surface area (Å²) in [6, 6.07) is 5.42. The van der Waals surface area contributed by atoms with Crippen LogP contribution in [0.25, 0.3) is 0 Å². The highest BCUT2D eigenvalue weighted by molar-refractivity contribution is 5.94. The van der Waals surface area contributed by atoms with Crippen LogP contribution in [0.1, 0.15) is 39.2 Å². The van der Waals surface area contributed by atoms with Crippen molar-refractivity contribution in [3.8, 4) is 5.75 Å². The molecule has 1 heterocycles. The van der Waals surface area contributed by atoms with Gasteiger partial charge in [-0.25, -0.2) is 0 Å². The van der Waals surface area contributed by atoms with Gasteiger partial charge in [0.1, 0.15) is 5.75 Å². The molecular formula is C16H25ClN2O2. The Labute approximate surface area is 132 Å². The van der Waals surface area contributed by atoms with Crippen LogP contribution in [-0.2, 0) is 10.2 Å². The molecule has 0 aromatic heterocycles. The molecule has 118 valence electrons. The molecule has 1 fully saturated rings. The molecule has 5 heteroatoms. The zero-order chi connectivity index (χ0) is 14.8. The van der Waals surface area contributed by atoms with Crippen LogP contribution >= 0.6 is 12.4 Å². The quantitative estimate of drug-likeness (QED) is 0.736. The molecule has 0 atom stereocenters. The first kappa shape index (κ1) is 17.8. The van der Waals surface area contributed by atoms with E-state index in [-0.39, 0.29) is 35.4 Å². The molecule has 4 nitrogen and oxygen atoms in total. The Morgan fingerprint density at radius 3 is 2.48 bits per heavy atom. The van der Waals surface area contributed by atoms with E-state index in [1.807, 2.05) is 12.1 Å². The van der Waals surface area contributed by atoms with Gasteiger partial charge in [0.25, 0.3) is 0 Å². The molecule has 0 spiro atoms. The molecule has 1 aliphatic heterocycles. The highest BCUT2D eigenvalue weighted by atomic mass is 35.5. The van der Waals surface area contributed by atoms with Gasteiger partial charge in [-0.3, -0.25) is 4.79 Å². The maximum absolute atomic E-state index is 12.2. The average Bonchev–Trinajstić information content (AvgIpc) is 2.41. The molecule has 0 radical (unpaired) electrons. The summed E-state index contributed by atoms with van der Waals surface area (Å²) in [6.07, 6.45) is 1.71. The molecule has 1 saturated heterocycles. The lowest BCUT2D eigenvalue weighted by Gasteiger charge is -2.23. The van der Waals surface area contributed by atoms with E-state index in [2.05, 4.69) is 31.4 Å². The highest BCUT2D eigenvalue weighted by Crippen LogP contribution is 2.31. The summed E-state index contributed by atoms with van der Waals surface area (Å²) in [4.78, 5) is 12.2. The SMILES string of the molecule is CC(C)(C)c1ccc(O)c(NC(=O)C2CCNCC2)c1.Cl. The number of phenols is 1. The lowest BCUT2D eigenvalue weighted by atomic mass is 9.86. The molecule has 1 aliphatic rings. The number of anilines is 1. The van der Waals surface area contributed by atoms with E-state index in [0.29, 0.717) is 5.69 Å². The summed E-state index contributed by atoms with van der Waals surface area (Å²) < 4.78 is 0. The Balaban J connectivity index is 0.00000220. The van der Waals surface area contributed by atoms with Crippen molar-refractivity contribution in [2.45, 2.75) is 39.0 Å². The molecule has 0 aliphatic carbocycles. The topological polar surface area (TPSA) is 61.4 Å². The van der Waals surface area contributed by atoms with Gasteiger partial charge in [0.2, 0.25) is 5.91 Å². The number of benzene rings is 1. The normalized spacial score (nSPS) is 16.1. The summed E-state index contributed by atoms with van der Waals surface area (Å²) in [6.45, 7) is 8.09. The molecule has 21 heavy (non-hydrogen) atoms. The van der Waals surface area contributed by atoms with Gasteiger partial charge in [0, 0.05) is 5.92 Å². The Hall–Kier alpha value is -1.26. The fraction of sp³-hybridized carbons (Fsp3) is 0.562. The molecule has 2 rings (SSSR count). The zero-order valence-electron chi connectivity index (χ0n) is 12.9. The summed E-state index contributed by atoms with van der Waals surface area (Å²) in [7, 11) is 0. The number of hydrogen-bond acceptors (Lipinski definition) is 3. The standard InChI is InChI=1S/C16H24N2O2.ClH/c1-16(2,3)12-4-5-14(19)13(10-12)18-15(20)11-6-8-17-9-7-11;/h4-5,10-11,17,19H,6-9H2,1-3H3,(H,18,20);1H.